The molecule has 0 N–H and O–H groups in total. The number of esters is 1. The Hall–Kier alpha value is -3.59. The van der Waals surface area contributed by atoms with Gasteiger partial charge < -0.3 is 18.9 Å². The molecule has 30 heavy (non-hydrogen) atoms. The topological polar surface area (TPSA) is 147 Å². The highest BCUT2D eigenvalue weighted by atomic mass is 32.2. The maximum absolute atomic E-state index is 11.7. The Morgan fingerprint density at radius 3 is 2.47 bits per heavy atom. The molecular formula is C18H18N4O7S. The molecule has 0 saturated carbocycles. The third kappa shape index (κ3) is 5.95. The molecule has 0 spiro atoms. The van der Waals surface area contributed by atoms with E-state index in [4.69, 9.17) is 18.9 Å². The van der Waals surface area contributed by atoms with E-state index in [9.17, 15) is 20.2 Å². The number of aromatic nitrogens is 2. The second-order valence-corrected chi connectivity index (χ2v) is 6.13. The van der Waals surface area contributed by atoms with Gasteiger partial charge in [-0.15, -0.1) is 0 Å². The van der Waals surface area contributed by atoms with E-state index in [0.29, 0.717) is 12.4 Å². The largest absolute Gasteiger partial charge is 0.494 e. The van der Waals surface area contributed by atoms with E-state index in [-0.39, 0.29) is 23.1 Å². The number of ether oxygens (including phenoxy) is 4. The molecular weight excluding hydrogens is 416 g/mol. The summed E-state index contributed by atoms with van der Waals surface area (Å²) in [6.45, 7) is 3.30. The van der Waals surface area contributed by atoms with Crippen molar-refractivity contribution in [3.8, 4) is 29.3 Å². The SMILES string of the molecule is CCOC(=O)COc1nc(SC)nc(Oc2cc(C#N)cc(OCC)c2)c1[N+](=O)[O-]. The van der Waals surface area contributed by atoms with E-state index in [1.807, 2.05) is 6.07 Å². The van der Waals surface area contributed by atoms with Gasteiger partial charge in [-0.3, -0.25) is 10.1 Å². The smallest absolute Gasteiger partial charge is 0.392 e. The van der Waals surface area contributed by atoms with Crippen LogP contribution < -0.4 is 14.2 Å². The number of rotatable bonds is 10. The molecule has 158 valence electrons. The number of nitriles is 1. The van der Waals surface area contributed by atoms with Gasteiger partial charge in [0, 0.05) is 6.07 Å². The second-order valence-electron chi connectivity index (χ2n) is 5.36. The molecule has 1 heterocycles. The van der Waals surface area contributed by atoms with Crippen molar-refractivity contribution < 1.29 is 28.7 Å². The third-order valence-electron chi connectivity index (χ3n) is 3.33. The number of hydrogen-bond donors (Lipinski definition) is 0. The van der Waals surface area contributed by atoms with Crippen molar-refractivity contribution >= 4 is 23.4 Å². The Morgan fingerprint density at radius 2 is 1.87 bits per heavy atom. The minimum absolute atomic E-state index is 0.0997. The van der Waals surface area contributed by atoms with Gasteiger partial charge in [-0.05, 0) is 32.2 Å². The fourth-order valence-corrected chi connectivity index (χ4v) is 2.55. The first-order valence-electron chi connectivity index (χ1n) is 8.66. The van der Waals surface area contributed by atoms with Crippen molar-refractivity contribution in [2.24, 2.45) is 0 Å². The van der Waals surface area contributed by atoms with Crippen LogP contribution in [-0.4, -0.2) is 46.9 Å². The predicted octanol–water partition coefficient (Wildman–Crippen LogP) is 3.11. The maximum Gasteiger partial charge on any atom is 0.392 e. The van der Waals surface area contributed by atoms with E-state index < -0.39 is 34.9 Å². The van der Waals surface area contributed by atoms with Gasteiger partial charge >= 0.3 is 23.4 Å². The number of hydrogen-bond acceptors (Lipinski definition) is 11. The lowest BCUT2D eigenvalue weighted by Gasteiger charge is -2.11. The van der Waals surface area contributed by atoms with Crippen molar-refractivity contribution in [3.63, 3.8) is 0 Å². The summed E-state index contributed by atoms with van der Waals surface area (Å²) in [5.74, 6) is -1.10. The minimum Gasteiger partial charge on any atom is -0.494 e. The Labute approximate surface area is 176 Å². The number of benzene rings is 1. The van der Waals surface area contributed by atoms with Crippen molar-refractivity contribution in [1.82, 2.24) is 9.97 Å². The summed E-state index contributed by atoms with van der Waals surface area (Å²) in [5.41, 5.74) is -0.436. The minimum atomic E-state index is -0.780. The molecule has 2 aromatic rings. The molecule has 0 saturated heterocycles. The Kier molecular flexibility index (Phi) is 8.18. The van der Waals surface area contributed by atoms with Crippen LogP contribution in [0.5, 0.6) is 23.3 Å². The van der Waals surface area contributed by atoms with Gasteiger partial charge in [0.2, 0.25) is 0 Å². The summed E-state index contributed by atoms with van der Waals surface area (Å²) in [7, 11) is 0. The van der Waals surface area contributed by atoms with Gasteiger partial charge in [-0.1, -0.05) is 11.8 Å². The summed E-state index contributed by atoms with van der Waals surface area (Å²) < 4.78 is 20.9. The zero-order chi connectivity index (χ0) is 22.1. The van der Waals surface area contributed by atoms with Crippen LogP contribution >= 0.6 is 11.8 Å². The Morgan fingerprint density at radius 1 is 1.17 bits per heavy atom. The van der Waals surface area contributed by atoms with Gasteiger partial charge in [0.05, 0.1) is 29.8 Å². The molecule has 0 radical (unpaired) electrons. The van der Waals surface area contributed by atoms with Crippen LogP contribution in [0, 0.1) is 21.4 Å². The third-order valence-corrected chi connectivity index (χ3v) is 3.88. The molecule has 0 atom stereocenters. The van der Waals surface area contributed by atoms with E-state index in [1.165, 1.54) is 18.2 Å². The Bertz CT molecular complexity index is 978. The lowest BCUT2D eigenvalue weighted by molar-refractivity contribution is -0.387. The Balaban J connectivity index is 2.47. The zero-order valence-electron chi connectivity index (χ0n) is 16.4. The quantitative estimate of drug-likeness (QED) is 0.179. The number of thioether (sulfide) groups is 1. The highest BCUT2D eigenvalue weighted by Crippen LogP contribution is 2.38. The van der Waals surface area contributed by atoms with Gasteiger partial charge in [-0.25, -0.2) is 4.79 Å². The van der Waals surface area contributed by atoms with Crippen LogP contribution in [0.25, 0.3) is 0 Å². The zero-order valence-corrected chi connectivity index (χ0v) is 17.2. The molecule has 0 aliphatic rings. The first-order chi connectivity index (χ1) is 14.4. The molecule has 0 aliphatic heterocycles. The van der Waals surface area contributed by atoms with Crippen LogP contribution in [0.1, 0.15) is 19.4 Å². The van der Waals surface area contributed by atoms with E-state index in [2.05, 4.69) is 9.97 Å². The van der Waals surface area contributed by atoms with Crippen LogP contribution in [0.3, 0.4) is 0 Å². The van der Waals surface area contributed by atoms with Crippen molar-refractivity contribution in [2.45, 2.75) is 19.0 Å². The van der Waals surface area contributed by atoms with Gasteiger partial charge in [0.1, 0.15) is 11.5 Å². The lowest BCUT2D eigenvalue weighted by atomic mass is 10.2. The molecule has 1 aromatic heterocycles. The highest BCUT2D eigenvalue weighted by Gasteiger charge is 2.29. The van der Waals surface area contributed by atoms with Gasteiger partial charge in [0.25, 0.3) is 0 Å². The number of carbonyl (C=O) groups is 1. The standard InChI is InChI=1S/C18H18N4O7S/c1-4-26-12-6-11(9-19)7-13(8-12)29-17-15(22(24)25)16(20-18(21-17)30-3)28-10-14(23)27-5-2/h6-8H,4-5,10H2,1-3H3. The fraction of sp³-hybridized carbons (Fsp3) is 0.333. The molecule has 0 fully saturated rings. The summed E-state index contributed by atoms with van der Waals surface area (Å²) >= 11 is 1.09. The summed E-state index contributed by atoms with van der Waals surface area (Å²) in [4.78, 5) is 30.4. The average Bonchev–Trinajstić information content (AvgIpc) is 2.71. The average molecular weight is 434 g/mol. The van der Waals surface area contributed by atoms with Crippen molar-refractivity contribution in [1.29, 1.82) is 5.26 Å². The van der Waals surface area contributed by atoms with Gasteiger partial charge in [0.15, 0.2) is 11.8 Å². The molecule has 1 aromatic carbocycles. The molecule has 0 unspecified atom stereocenters. The fourth-order valence-electron chi connectivity index (χ4n) is 2.20. The number of nitrogens with zero attached hydrogens (tertiary/aromatic N) is 4. The summed E-state index contributed by atoms with van der Waals surface area (Å²) in [6.07, 6.45) is 1.66. The lowest BCUT2D eigenvalue weighted by Crippen LogP contribution is -2.16. The molecule has 11 nitrogen and oxygen atoms in total. The summed E-state index contributed by atoms with van der Waals surface area (Å²) in [5, 5.41) is 21.0. The van der Waals surface area contributed by atoms with Crippen LogP contribution in [0.15, 0.2) is 23.4 Å². The molecule has 0 amide bonds. The number of carbonyl (C=O) groups excluding carboxylic acids is 1. The normalized spacial score (nSPS) is 10.1. The van der Waals surface area contributed by atoms with Gasteiger partial charge in [-0.2, -0.15) is 15.2 Å². The van der Waals surface area contributed by atoms with Crippen LogP contribution in [0.4, 0.5) is 5.69 Å². The van der Waals surface area contributed by atoms with Crippen molar-refractivity contribution in [3.05, 3.63) is 33.9 Å². The van der Waals surface area contributed by atoms with Crippen LogP contribution in [0.2, 0.25) is 0 Å². The van der Waals surface area contributed by atoms with E-state index in [0.717, 1.165) is 11.8 Å². The van der Waals surface area contributed by atoms with Crippen LogP contribution in [-0.2, 0) is 9.53 Å². The van der Waals surface area contributed by atoms with Crippen molar-refractivity contribution in [2.75, 3.05) is 26.1 Å². The van der Waals surface area contributed by atoms with E-state index in [1.54, 1.807) is 20.1 Å². The first-order valence-corrected chi connectivity index (χ1v) is 9.88. The number of nitro groups is 1. The maximum atomic E-state index is 11.7. The molecule has 2 rings (SSSR count). The monoisotopic (exact) mass is 434 g/mol. The first kappa shape index (κ1) is 22.7. The predicted molar refractivity (Wildman–Crippen MR) is 105 cm³/mol. The molecule has 0 bridgehead atoms. The summed E-state index contributed by atoms with van der Waals surface area (Å²) in [6, 6.07) is 6.31. The van der Waals surface area contributed by atoms with E-state index >= 15 is 0 Å². The molecule has 0 aliphatic carbocycles. The molecule has 12 heteroatoms. The highest BCUT2D eigenvalue weighted by molar-refractivity contribution is 7.98. The second kappa shape index (κ2) is 10.8.